The molecule has 0 aliphatic heterocycles. The first kappa shape index (κ1) is 55.3. The van der Waals surface area contributed by atoms with Crippen molar-refractivity contribution in [1.82, 2.24) is 34.8 Å². The maximum Gasteiger partial charge on any atom is 0.00194 e. The van der Waals surface area contributed by atoms with Gasteiger partial charge in [0, 0.05) is 48.3 Å². The third-order valence-electron chi connectivity index (χ3n) is 0.372. The molecular formula is C3H18N6OPt2. The van der Waals surface area contributed by atoms with E-state index in [2.05, 4.69) is 10.2 Å². The normalized spacial score (nSPS) is 3.33. The molecule has 0 bridgehead atoms. The number of hydrogen-bond acceptors (Lipinski definition) is 5. The van der Waals surface area contributed by atoms with Gasteiger partial charge in [-0.2, -0.15) is 6.20 Å². The molecule has 9 heteroatoms. The molecule has 1 aromatic rings. The Bertz CT molecular complexity index is 77.3. The van der Waals surface area contributed by atoms with E-state index in [9.17, 15) is 0 Å². The fourth-order valence-corrected chi connectivity index (χ4v) is 0.192. The van der Waals surface area contributed by atoms with E-state index >= 15 is 0 Å². The van der Waals surface area contributed by atoms with Gasteiger partial charge in [0.2, 0.25) is 0 Å². The molecular weight excluding hydrogens is 526 g/mol. The van der Waals surface area contributed by atoms with Gasteiger partial charge in [0.15, 0.2) is 0 Å². The third-order valence-corrected chi connectivity index (χ3v) is 0.372. The summed E-state index contributed by atoms with van der Waals surface area (Å²) in [7, 11) is 0. The monoisotopic (exact) mass is 544 g/mol. The first-order chi connectivity index (χ1) is 2.50. The second kappa shape index (κ2) is 42.3. The van der Waals surface area contributed by atoms with Gasteiger partial charge in [-0.25, -0.2) is 0 Å². The van der Waals surface area contributed by atoms with Crippen molar-refractivity contribution in [3.05, 3.63) is 18.5 Å². The van der Waals surface area contributed by atoms with Crippen LogP contribution in [-0.2, 0) is 47.6 Å². The van der Waals surface area contributed by atoms with Crippen LogP contribution in [0.2, 0.25) is 0 Å². The van der Waals surface area contributed by atoms with E-state index in [1.54, 1.807) is 18.5 Å². The maximum absolute atomic E-state index is 3.47. The summed E-state index contributed by atoms with van der Waals surface area (Å²) in [6.45, 7) is 0. The van der Waals surface area contributed by atoms with Crippen molar-refractivity contribution >= 4 is 0 Å². The minimum Gasteiger partial charge on any atom is -0.582 e. The van der Waals surface area contributed by atoms with Gasteiger partial charge in [-0.05, 0) is 0 Å². The molecule has 0 aliphatic carbocycles. The Balaban J connectivity index is -0.00000000714. The van der Waals surface area contributed by atoms with Crippen molar-refractivity contribution in [2.45, 2.75) is 0 Å². The molecule has 1 heterocycles. The van der Waals surface area contributed by atoms with E-state index in [4.69, 9.17) is 0 Å². The Morgan fingerprint density at radius 3 is 1.42 bits per heavy atom. The van der Waals surface area contributed by atoms with Gasteiger partial charge in [-0.1, -0.05) is 6.07 Å². The molecule has 0 aliphatic rings. The molecule has 12 heavy (non-hydrogen) atoms. The Kier molecular flexibility index (Phi) is 195. The van der Waals surface area contributed by atoms with Crippen molar-refractivity contribution in [3.63, 3.8) is 0 Å². The van der Waals surface area contributed by atoms with Crippen LogP contribution in [0.25, 0.3) is 0 Å². The van der Waals surface area contributed by atoms with Gasteiger partial charge in [-0.3, -0.25) is 0 Å². The van der Waals surface area contributed by atoms with Gasteiger partial charge < -0.3 is 40.3 Å². The van der Waals surface area contributed by atoms with Crippen LogP contribution in [0.15, 0.2) is 18.5 Å². The fraction of sp³-hybridized carbons (Fsp3) is 0. The molecule has 0 spiro atoms. The molecule has 0 atom stereocenters. The number of nitrogens with zero attached hydrogens (tertiary/aromatic N) is 2. The van der Waals surface area contributed by atoms with Crippen LogP contribution in [0.5, 0.6) is 0 Å². The average Bonchev–Trinajstić information content (AvgIpc) is 1.76. The third kappa shape index (κ3) is 31.5. The van der Waals surface area contributed by atoms with Crippen molar-refractivity contribution in [2.24, 2.45) is 0 Å². The van der Waals surface area contributed by atoms with E-state index in [-0.39, 0.29) is 72.2 Å². The van der Waals surface area contributed by atoms with Crippen LogP contribution in [0, 0.1) is 0 Å². The molecule has 0 unspecified atom stereocenters. The maximum atomic E-state index is 3.47. The van der Waals surface area contributed by atoms with Gasteiger partial charge in [0.25, 0.3) is 0 Å². The Morgan fingerprint density at radius 1 is 0.917 bits per heavy atom. The molecule has 0 saturated carbocycles. The Hall–Kier alpha value is 0.387. The fourth-order valence-electron chi connectivity index (χ4n) is 0.192. The van der Waals surface area contributed by atoms with Crippen LogP contribution >= 0.6 is 0 Å². The quantitative estimate of drug-likeness (QED) is 0.325. The number of rotatable bonds is 0. The SMILES string of the molecule is N.N.N.N.[OH3+].[Pt].[Pt].c1cn[n-]c1. The smallest absolute Gasteiger partial charge is 0.00194 e. The molecule has 0 radical (unpaired) electrons. The van der Waals surface area contributed by atoms with E-state index in [1.807, 2.05) is 0 Å². The first-order valence-corrected chi connectivity index (χ1v) is 1.38. The van der Waals surface area contributed by atoms with Gasteiger partial charge in [0.05, 0.1) is 0 Å². The molecule has 0 fully saturated rings. The van der Waals surface area contributed by atoms with Crippen molar-refractivity contribution in [1.29, 1.82) is 0 Å². The van der Waals surface area contributed by atoms with Crippen molar-refractivity contribution < 1.29 is 47.6 Å². The van der Waals surface area contributed by atoms with E-state index in [1.165, 1.54) is 0 Å². The molecule has 7 nitrogen and oxygen atoms in total. The van der Waals surface area contributed by atoms with Crippen molar-refractivity contribution in [3.8, 4) is 0 Å². The topological polar surface area (TPSA) is 200 Å². The number of hydrogen-bond donors (Lipinski definition) is 4. The summed E-state index contributed by atoms with van der Waals surface area (Å²) in [6.07, 6.45) is 3.28. The summed E-state index contributed by atoms with van der Waals surface area (Å²) in [6, 6.07) is 1.78. The molecule has 0 aromatic carbocycles. The average molecular weight is 544 g/mol. The predicted octanol–water partition coefficient (Wildman–Crippen LogP) is -0.240. The predicted molar refractivity (Wildman–Crippen MR) is 42.5 cm³/mol. The molecule has 0 amide bonds. The van der Waals surface area contributed by atoms with Crippen LogP contribution in [0.4, 0.5) is 0 Å². The van der Waals surface area contributed by atoms with Crippen LogP contribution in [0.3, 0.4) is 0 Å². The largest absolute Gasteiger partial charge is 0.582 e. The van der Waals surface area contributed by atoms with E-state index < -0.39 is 0 Å². The minimum absolute atomic E-state index is 0. The summed E-state index contributed by atoms with van der Waals surface area (Å²) in [5.74, 6) is 0. The minimum atomic E-state index is 0. The van der Waals surface area contributed by atoms with Gasteiger partial charge in [-0.15, -0.1) is 0 Å². The second-order valence-electron chi connectivity index (χ2n) is 0.722. The second-order valence-corrected chi connectivity index (χ2v) is 0.722. The zero-order chi connectivity index (χ0) is 3.54. The molecule has 1 rings (SSSR count). The standard InChI is InChI=1S/C3H3N2.4H3N.H2O.2Pt/c1-2-4-5-3-1;;;;;;;/h1-3H;4*1H3;1H2;;/q-1;;;;;;;/p+1. The molecule has 1 aromatic heterocycles. The van der Waals surface area contributed by atoms with E-state index in [0.717, 1.165) is 0 Å². The zero-order valence-electron chi connectivity index (χ0n) is 6.66. The molecule has 86 valence electrons. The van der Waals surface area contributed by atoms with E-state index in [0.29, 0.717) is 0 Å². The molecule has 15 N–H and O–H groups in total. The zero-order valence-corrected chi connectivity index (χ0v) is 11.2. The summed E-state index contributed by atoms with van der Waals surface area (Å²) < 4.78 is 0. The summed E-state index contributed by atoms with van der Waals surface area (Å²) in [5.41, 5.74) is 0. The molecule has 0 saturated heterocycles. The van der Waals surface area contributed by atoms with Crippen LogP contribution in [0.1, 0.15) is 0 Å². The first-order valence-electron chi connectivity index (χ1n) is 1.38. The number of aromatic nitrogens is 2. The summed E-state index contributed by atoms with van der Waals surface area (Å²) in [4.78, 5) is 0. The Morgan fingerprint density at radius 2 is 1.33 bits per heavy atom. The Labute approximate surface area is 101 Å². The van der Waals surface area contributed by atoms with Gasteiger partial charge >= 0.3 is 0 Å². The van der Waals surface area contributed by atoms with Gasteiger partial charge in [0.1, 0.15) is 0 Å². The summed E-state index contributed by atoms with van der Waals surface area (Å²) in [5, 5.41) is 6.94. The summed E-state index contributed by atoms with van der Waals surface area (Å²) >= 11 is 0. The van der Waals surface area contributed by atoms with Crippen molar-refractivity contribution in [2.75, 3.05) is 0 Å². The van der Waals surface area contributed by atoms with Crippen LogP contribution in [-0.4, -0.2) is 5.10 Å². The van der Waals surface area contributed by atoms with Crippen LogP contribution < -0.4 is 29.7 Å².